The van der Waals surface area contributed by atoms with Gasteiger partial charge in [0.1, 0.15) is 4.90 Å². The minimum absolute atomic E-state index is 0.555. The summed E-state index contributed by atoms with van der Waals surface area (Å²) in [5.74, 6) is -1.98. The Morgan fingerprint density at radius 2 is 1.44 bits per heavy atom. The zero-order valence-electron chi connectivity index (χ0n) is 7.65. The molecular weight excluding hydrogens is 260 g/mol. The second kappa shape index (κ2) is 3.59. The molecule has 0 saturated heterocycles. The predicted molar refractivity (Wildman–Crippen MR) is 52.5 cm³/mol. The molecule has 0 aliphatic heterocycles. The van der Waals surface area contributed by atoms with Crippen LogP contribution in [0.15, 0.2) is 21.9 Å². The molecule has 1 rings (SSSR count). The number of nitrogens with two attached hydrogens (primary N) is 2. The highest BCUT2D eigenvalue weighted by atomic mass is 32.2. The molecule has 0 heterocycles. The first kappa shape index (κ1) is 12.7. The molecule has 0 aliphatic rings. The molecule has 0 aliphatic carbocycles. The van der Waals surface area contributed by atoms with Gasteiger partial charge in [-0.05, 0) is 6.07 Å². The Balaban J connectivity index is 3.72. The molecule has 10 heteroatoms. The third-order valence-electron chi connectivity index (χ3n) is 1.66. The Bertz CT molecular complexity index is 633. The molecule has 0 atom stereocenters. The molecule has 0 radical (unpaired) electrons. The third kappa shape index (κ3) is 2.41. The normalized spacial score (nSPS) is 12.6. The molecule has 0 amide bonds. The Hall–Kier alpha value is -1.36. The first-order chi connectivity index (χ1) is 7.03. The summed E-state index contributed by atoms with van der Waals surface area (Å²) >= 11 is 0. The number of hydrogen-bond acceptors (Lipinski definition) is 6. The maximum absolute atomic E-state index is 11.0. The lowest BCUT2D eigenvalue weighted by Crippen LogP contribution is -2.16. The molecule has 6 N–H and O–H groups in total. The van der Waals surface area contributed by atoms with Crippen LogP contribution in [0, 0.1) is 0 Å². The van der Waals surface area contributed by atoms with Crippen LogP contribution in [0.4, 0.5) is 0 Å². The minimum atomic E-state index is -4.37. The zero-order valence-corrected chi connectivity index (χ0v) is 9.29. The lowest BCUT2D eigenvalue weighted by Gasteiger charge is -2.06. The van der Waals surface area contributed by atoms with Crippen molar-refractivity contribution in [3.8, 4) is 11.5 Å². The first-order valence-electron chi connectivity index (χ1n) is 3.65. The van der Waals surface area contributed by atoms with Crippen LogP contribution >= 0.6 is 0 Å². The smallest absolute Gasteiger partial charge is 0.241 e. The second-order valence-corrected chi connectivity index (χ2v) is 5.97. The standard InChI is InChI=1S/C6H8N2O6S2/c7-15(11,12)3-1-4(9)6(10)5(2-3)16(8,13)14/h1-2,9-10H,(H2,7,11,12)(H2,8,13,14). The van der Waals surface area contributed by atoms with Gasteiger partial charge in [0.05, 0.1) is 4.90 Å². The summed E-state index contributed by atoms with van der Waals surface area (Å²) in [7, 11) is -8.58. The molecular formula is C6H8N2O6S2. The summed E-state index contributed by atoms with van der Waals surface area (Å²) in [5, 5.41) is 27.7. The van der Waals surface area contributed by atoms with Gasteiger partial charge in [0.15, 0.2) is 11.5 Å². The van der Waals surface area contributed by atoms with Crippen molar-refractivity contribution in [2.45, 2.75) is 9.79 Å². The number of benzene rings is 1. The van der Waals surface area contributed by atoms with E-state index in [2.05, 4.69) is 0 Å². The van der Waals surface area contributed by atoms with E-state index >= 15 is 0 Å². The number of sulfonamides is 2. The van der Waals surface area contributed by atoms with Gasteiger partial charge in [-0.1, -0.05) is 0 Å². The van der Waals surface area contributed by atoms with Crippen molar-refractivity contribution in [2.24, 2.45) is 10.3 Å². The summed E-state index contributed by atoms with van der Waals surface area (Å²) in [6.45, 7) is 0. The quantitative estimate of drug-likeness (QED) is 0.472. The highest BCUT2D eigenvalue weighted by molar-refractivity contribution is 7.90. The van der Waals surface area contributed by atoms with Crippen molar-refractivity contribution in [1.29, 1.82) is 0 Å². The van der Waals surface area contributed by atoms with E-state index in [0.29, 0.717) is 12.1 Å². The zero-order chi connectivity index (χ0) is 12.7. The number of rotatable bonds is 2. The summed E-state index contributed by atoms with van der Waals surface area (Å²) in [4.78, 5) is -1.59. The lowest BCUT2D eigenvalue weighted by molar-refractivity contribution is 0.391. The minimum Gasteiger partial charge on any atom is -0.504 e. The highest BCUT2D eigenvalue weighted by Crippen LogP contribution is 2.33. The summed E-state index contributed by atoms with van der Waals surface area (Å²) < 4.78 is 43.8. The molecule has 1 aromatic rings. The van der Waals surface area contributed by atoms with Crippen LogP contribution in [0.1, 0.15) is 0 Å². The Morgan fingerprint density at radius 3 is 1.81 bits per heavy atom. The molecule has 0 aromatic heterocycles. The van der Waals surface area contributed by atoms with Crippen molar-refractivity contribution < 1.29 is 27.0 Å². The van der Waals surface area contributed by atoms with Crippen molar-refractivity contribution in [1.82, 2.24) is 0 Å². The van der Waals surface area contributed by atoms with Gasteiger partial charge in [-0.25, -0.2) is 27.1 Å². The predicted octanol–water partition coefficient (Wildman–Crippen LogP) is -1.61. The Kier molecular flexibility index (Phi) is 2.85. The maximum Gasteiger partial charge on any atom is 0.241 e. The van der Waals surface area contributed by atoms with E-state index in [1.807, 2.05) is 0 Å². The van der Waals surface area contributed by atoms with Crippen LogP contribution in [0.25, 0.3) is 0 Å². The Labute approximate surface area is 91.2 Å². The van der Waals surface area contributed by atoms with E-state index in [4.69, 9.17) is 15.4 Å². The number of primary sulfonamides is 2. The van der Waals surface area contributed by atoms with Crippen LogP contribution in [-0.4, -0.2) is 27.0 Å². The molecule has 0 bridgehead atoms. The van der Waals surface area contributed by atoms with Crippen LogP contribution < -0.4 is 10.3 Å². The van der Waals surface area contributed by atoms with Crippen molar-refractivity contribution >= 4 is 20.0 Å². The van der Waals surface area contributed by atoms with Gasteiger partial charge < -0.3 is 10.2 Å². The van der Waals surface area contributed by atoms with E-state index in [9.17, 15) is 21.9 Å². The van der Waals surface area contributed by atoms with E-state index in [-0.39, 0.29) is 0 Å². The molecule has 1 aromatic carbocycles. The summed E-state index contributed by atoms with van der Waals surface area (Å²) in [5.41, 5.74) is 0. The number of aromatic hydroxyl groups is 2. The molecule has 0 saturated carbocycles. The number of phenolic OH excluding ortho intramolecular Hbond substituents is 2. The van der Waals surface area contributed by atoms with Gasteiger partial charge in [-0.3, -0.25) is 0 Å². The number of hydrogen-bond donors (Lipinski definition) is 4. The molecule has 8 nitrogen and oxygen atoms in total. The molecule has 16 heavy (non-hydrogen) atoms. The fourth-order valence-electron chi connectivity index (χ4n) is 0.950. The fourth-order valence-corrected chi connectivity index (χ4v) is 2.25. The molecule has 0 fully saturated rings. The fraction of sp³-hybridized carbons (Fsp3) is 0. The number of phenols is 2. The summed E-state index contributed by atoms with van der Waals surface area (Å²) in [6.07, 6.45) is 0. The SMILES string of the molecule is NS(=O)(=O)c1cc(O)c(O)c(S(N)(=O)=O)c1. The van der Waals surface area contributed by atoms with E-state index in [1.54, 1.807) is 0 Å². The van der Waals surface area contributed by atoms with Gasteiger partial charge in [0.25, 0.3) is 0 Å². The van der Waals surface area contributed by atoms with Crippen molar-refractivity contribution in [3.05, 3.63) is 12.1 Å². The average Bonchev–Trinajstić information content (AvgIpc) is 2.05. The van der Waals surface area contributed by atoms with Crippen LogP contribution in [0.2, 0.25) is 0 Å². The van der Waals surface area contributed by atoms with Gasteiger partial charge in [-0.15, -0.1) is 0 Å². The van der Waals surface area contributed by atoms with Crippen LogP contribution in [0.3, 0.4) is 0 Å². The molecule has 0 unspecified atom stereocenters. The van der Waals surface area contributed by atoms with E-state index in [1.165, 1.54) is 0 Å². The monoisotopic (exact) mass is 268 g/mol. The van der Waals surface area contributed by atoms with Gasteiger partial charge in [0.2, 0.25) is 20.0 Å². The van der Waals surface area contributed by atoms with Gasteiger partial charge in [-0.2, -0.15) is 0 Å². The van der Waals surface area contributed by atoms with E-state index in [0.717, 1.165) is 0 Å². The van der Waals surface area contributed by atoms with Crippen molar-refractivity contribution in [2.75, 3.05) is 0 Å². The van der Waals surface area contributed by atoms with Gasteiger partial charge in [0, 0.05) is 6.07 Å². The second-order valence-electron chi connectivity index (χ2n) is 2.88. The molecule has 90 valence electrons. The maximum atomic E-state index is 11.0. The molecule has 0 spiro atoms. The largest absolute Gasteiger partial charge is 0.504 e. The first-order valence-corrected chi connectivity index (χ1v) is 6.74. The van der Waals surface area contributed by atoms with E-state index < -0.39 is 41.3 Å². The van der Waals surface area contributed by atoms with Crippen molar-refractivity contribution in [3.63, 3.8) is 0 Å². The van der Waals surface area contributed by atoms with Crippen LogP contribution in [0.5, 0.6) is 11.5 Å². The van der Waals surface area contributed by atoms with Crippen LogP contribution in [-0.2, 0) is 20.0 Å². The van der Waals surface area contributed by atoms with Gasteiger partial charge >= 0.3 is 0 Å². The topological polar surface area (TPSA) is 161 Å². The lowest BCUT2D eigenvalue weighted by atomic mass is 10.3. The summed E-state index contributed by atoms with van der Waals surface area (Å²) in [6, 6.07) is 1.17. The Morgan fingerprint density at radius 1 is 0.938 bits per heavy atom. The highest BCUT2D eigenvalue weighted by Gasteiger charge is 2.21. The third-order valence-corrected chi connectivity index (χ3v) is 3.48. The average molecular weight is 268 g/mol.